The Bertz CT molecular complexity index is 924. The first-order valence-electron chi connectivity index (χ1n) is 8.09. The summed E-state index contributed by atoms with van der Waals surface area (Å²) in [5.41, 5.74) is 5.83. The van der Waals surface area contributed by atoms with E-state index in [0.29, 0.717) is 11.1 Å². The maximum absolute atomic E-state index is 6.07. The highest BCUT2D eigenvalue weighted by Gasteiger charge is 2.10. The third kappa shape index (κ3) is 5.01. The molecule has 0 fully saturated rings. The fraction of sp³-hybridized carbons (Fsp3) is 0.167. The maximum Gasteiger partial charge on any atom is 0.264 e. The number of nitrogens with one attached hydrogen (secondary N) is 1. The largest absolute Gasteiger partial charge is 0.497 e. The van der Waals surface area contributed by atoms with E-state index in [1.807, 2.05) is 55.5 Å². The molecule has 0 aliphatic heterocycles. The third-order valence-electron chi connectivity index (χ3n) is 3.78. The fourth-order valence-electron chi connectivity index (χ4n) is 2.21. The first kappa shape index (κ1) is 19.2. The van der Waals surface area contributed by atoms with Gasteiger partial charge in [-0.05, 0) is 42.3 Å². The summed E-state index contributed by atoms with van der Waals surface area (Å²) in [5.74, 6) is 8.00. The van der Waals surface area contributed by atoms with E-state index in [2.05, 4.69) is 36.7 Å². The zero-order valence-electron chi connectivity index (χ0n) is 14.9. The number of nitrogen functional groups attached to an aromatic ring is 1. The van der Waals surface area contributed by atoms with Crippen LogP contribution in [-0.4, -0.2) is 27.7 Å². The van der Waals surface area contributed by atoms with Gasteiger partial charge in [-0.2, -0.15) is 5.10 Å². The van der Waals surface area contributed by atoms with Gasteiger partial charge in [0.1, 0.15) is 5.75 Å². The molecule has 0 saturated carbocycles. The second-order valence-electron chi connectivity index (χ2n) is 5.63. The van der Waals surface area contributed by atoms with E-state index in [-0.39, 0.29) is 0 Å². The molecule has 7 nitrogen and oxygen atoms in total. The van der Waals surface area contributed by atoms with Crippen molar-refractivity contribution in [3.8, 4) is 5.75 Å². The van der Waals surface area contributed by atoms with E-state index in [0.717, 1.165) is 32.8 Å². The molecule has 2 aromatic carbocycles. The van der Waals surface area contributed by atoms with Crippen LogP contribution in [0.3, 0.4) is 0 Å². The second kappa shape index (κ2) is 8.92. The molecule has 140 valence electrons. The fourth-order valence-corrected chi connectivity index (χ4v) is 3.29. The quantitative estimate of drug-likeness (QED) is 0.247. The van der Waals surface area contributed by atoms with E-state index in [4.69, 9.17) is 10.6 Å². The number of thioether (sulfide) groups is 1. The molecule has 9 heteroatoms. The lowest BCUT2D eigenvalue weighted by atomic mass is 10.1. The average molecular weight is 447 g/mol. The van der Waals surface area contributed by atoms with Gasteiger partial charge < -0.3 is 10.6 Å². The molecule has 0 spiro atoms. The van der Waals surface area contributed by atoms with Gasteiger partial charge in [-0.3, -0.25) is 0 Å². The van der Waals surface area contributed by atoms with E-state index in [9.17, 15) is 0 Å². The third-order valence-corrected chi connectivity index (χ3v) is 5.32. The number of anilines is 1. The standard InChI is InChI=1S/C18H19BrN6OS/c1-12(14-5-7-15(19)8-6-14)21-22-17-23-24-18(25(17)20)27-11-13-3-9-16(26-2)10-4-13/h3-10H,11,20H2,1-2H3,(H,22,23)/b21-12+. The lowest BCUT2D eigenvalue weighted by Gasteiger charge is -2.05. The topological polar surface area (TPSA) is 90.4 Å². The molecule has 0 bridgehead atoms. The van der Waals surface area contributed by atoms with Crippen LogP contribution < -0.4 is 16.0 Å². The molecule has 0 aliphatic rings. The zero-order valence-corrected chi connectivity index (χ0v) is 17.3. The van der Waals surface area contributed by atoms with Gasteiger partial charge in [-0.1, -0.05) is 52.0 Å². The van der Waals surface area contributed by atoms with Crippen LogP contribution in [0.1, 0.15) is 18.1 Å². The summed E-state index contributed by atoms with van der Waals surface area (Å²) in [5, 5.41) is 13.1. The number of methoxy groups -OCH3 is 1. The minimum Gasteiger partial charge on any atom is -0.497 e. The SMILES string of the molecule is COc1ccc(CSc2nnc(N/N=C(\C)c3ccc(Br)cc3)n2N)cc1. The van der Waals surface area contributed by atoms with Crippen LogP contribution >= 0.6 is 27.7 Å². The van der Waals surface area contributed by atoms with Crippen LogP contribution in [0.5, 0.6) is 5.75 Å². The Kier molecular flexibility index (Phi) is 6.36. The van der Waals surface area contributed by atoms with Crippen molar-refractivity contribution >= 4 is 39.4 Å². The molecule has 3 N–H and O–H groups in total. The van der Waals surface area contributed by atoms with Gasteiger partial charge in [-0.15, -0.1) is 10.2 Å². The molecule has 3 rings (SSSR count). The van der Waals surface area contributed by atoms with Gasteiger partial charge in [0, 0.05) is 10.2 Å². The van der Waals surface area contributed by atoms with Gasteiger partial charge in [0.25, 0.3) is 5.95 Å². The van der Waals surface area contributed by atoms with Crippen LogP contribution in [0, 0.1) is 0 Å². The molecular weight excluding hydrogens is 428 g/mol. The number of rotatable bonds is 7. The lowest BCUT2D eigenvalue weighted by molar-refractivity contribution is 0.414. The minimum atomic E-state index is 0.378. The van der Waals surface area contributed by atoms with E-state index < -0.39 is 0 Å². The Balaban J connectivity index is 1.62. The average Bonchev–Trinajstić information content (AvgIpc) is 3.05. The molecule has 3 aromatic rings. The summed E-state index contributed by atoms with van der Waals surface area (Å²) in [6, 6.07) is 15.8. The molecule has 0 atom stereocenters. The van der Waals surface area contributed by atoms with Crippen molar-refractivity contribution in [1.82, 2.24) is 14.9 Å². The van der Waals surface area contributed by atoms with Crippen LogP contribution in [-0.2, 0) is 5.75 Å². The first-order chi connectivity index (χ1) is 13.1. The molecule has 27 heavy (non-hydrogen) atoms. The van der Waals surface area contributed by atoms with Gasteiger partial charge in [-0.25, -0.2) is 10.1 Å². The number of hydrogen-bond acceptors (Lipinski definition) is 7. The Hall–Kier alpha value is -2.52. The Morgan fingerprint density at radius 2 is 1.89 bits per heavy atom. The summed E-state index contributed by atoms with van der Waals surface area (Å²) >= 11 is 4.92. The van der Waals surface area contributed by atoms with Gasteiger partial charge in [0.2, 0.25) is 5.16 Å². The summed E-state index contributed by atoms with van der Waals surface area (Å²) in [6.07, 6.45) is 0. The summed E-state index contributed by atoms with van der Waals surface area (Å²) in [6.45, 7) is 1.91. The minimum absolute atomic E-state index is 0.378. The first-order valence-corrected chi connectivity index (χ1v) is 9.87. The van der Waals surface area contributed by atoms with Crippen LogP contribution in [0.2, 0.25) is 0 Å². The Morgan fingerprint density at radius 3 is 2.56 bits per heavy atom. The van der Waals surface area contributed by atoms with Crippen LogP contribution in [0.4, 0.5) is 5.95 Å². The molecule has 0 amide bonds. The predicted molar refractivity (Wildman–Crippen MR) is 113 cm³/mol. The second-order valence-corrected chi connectivity index (χ2v) is 7.49. The van der Waals surface area contributed by atoms with Crippen molar-refractivity contribution in [1.29, 1.82) is 0 Å². The Labute approximate surface area is 170 Å². The number of aromatic nitrogens is 3. The van der Waals surface area contributed by atoms with Crippen molar-refractivity contribution in [2.24, 2.45) is 5.10 Å². The molecule has 1 aromatic heterocycles. The number of hydrazone groups is 1. The number of nitrogens with zero attached hydrogens (tertiary/aromatic N) is 4. The number of hydrogen-bond donors (Lipinski definition) is 2. The van der Waals surface area contributed by atoms with Crippen molar-refractivity contribution in [3.63, 3.8) is 0 Å². The van der Waals surface area contributed by atoms with E-state index in [1.165, 1.54) is 16.4 Å². The van der Waals surface area contributed by atoms with Gasteiger partial charge in [0.15, 0.2) is 0 Å². The van der Waals surface area contributed by atoms with E-state index >= 15 is 0 Å². The van der Waals surface area contributed by atoms with Gasteiger partial charge >= 0.3 is 0 Å². The van der Waals surface area contributed by atoms with Gasteiger partial charge in [0.05, 0.1) is 12.8 Å². The summed E-state index contributed by atoms with van der Waals surface area (Å²) in [4.78, 5) is 0. The molecular formula is C18H19BrN6OS. The highest BCUT2D eigenvalue weighted by atomic mass is 79.9. The molecule has 0 aliphatic carbocycles. The highest BCUT2D eigenvalue weighted by Crippen LogP contribution is 2.23. The number of benzene rings is 2. The van der Waals surface area contributed by atoms with Crippen LogP contribution in [0.25, 0.3) is 0 Å². The van der Waals surface area contributed by atoms with Crippen molar-refractivity contribution in [2.75, 3.05) is 18.4 Å². The van der Waals surface area contributed by atoms with Crippen molar-refractivity contribution in [3.05, 3.63) is 64.1 Å². The Morgan fingerprint density at radius 1 is 1.19 bits per heavy atom. The summed E-state index contributed by atoms with van der Waals surface area (Å²) in [7, 11) is 1.65. The molecule has 0 unspecified atom stereocenters. The number of ether oxygens (including phenoxy) is 1. The smallest absolute Gasteiger partial charge is 0.264 e. The zero-order chi connectivity index (χ0) is 19.2. The highest BCUT2D eigenvalue weighted by molar-refractivity contribution is 9.10. The van der Waals surface area contributed by atoms with Crippen molar-refractivity contribution in [2.45, 2.75) is 17.8 Å². The molecule has 0 radical (unpaired) electrons. The molecule has 1 heterocycles. The maximum atomic E-state index is 6.07. The van der Waals surface area contributed by atoms with Crippen molar-refractivity contribution < 1.29 is 4.74 Å². The number of nitrogens with two attached hydrogens (primary N) is 1. The summed E-state index contributed by atoms with van der Waals surface area (Å²) < 4.78 is 7.58. The molecule has 0 saturated heterocycles. The monoisotopic (exact) mass is 446 g/mol. The predicted octanol–water partition coefficient (Wildman–Crippen LogP) is 3.89. The van der Waals surface area contributed by atoms with E-state index in [1.54, 1.807) is 7.11 Å². The van der Waals surface area contributed by atoms with Crippen LogP contribution in [0.15, 0.2) is 63.3 Å². The normalized spacial score (nSPS) is 11.4. The lowest BCUT2D eigenvalue weighted by Crippen LogP contribution is -2.13. The number of halogens is 1.